The molecule has 1 heterocycles. The monoisotopic (exact) mass is 274 g/mol. The molecule has 0 bridgehead atoms. The standard InChI is InChI=1S/C14H14N2O4/c1-19-11-5-2-4-10(8-11)16-14(18)13(17)15-9-12-6-3-7-20-12/h2-8H,9H2,1H3,(H,15,17)(H,16,18). The van der Waals surface area contributed by atoms with Crippen molar-refractivity contribution in [1.82, 2.24) is 5.32 Å². The first-order valence-corrected chi connectivity index (χ1v) is 5.94. The lowest BCUT2D eigenvalue weighted by Crippen LogP contribution is -2.34. The van der Waals surface area contributed by atoms with Crippen molar-refractivity contribution >= 4 is 17.5 Å². The van der Waals surface area contributed by atoms with Crippen molar-refractivity contribution in [3.05, 3.63) is 48.4 Å². The largest absolute Gasteiger partial charge is 0.497 e. The Morgan fingerprint density at radius 1 is 1.20 bits per heavy atom. The van der Waals surface area contributed by atoms with Crippen LogP contribution in [-0.2, 0) is 16.1 Å². The third-order valence-electron chi connectivity index (χ3n) is 2.54. The van der Waals surface area contributed by atoms with Crippen LogP contribution >= 0.6 is 0 Å². The first kappa shape index (κ1) is 13.7. The van der Waals surface area contributed by atoms with Gasteiger partial charge in [0.15, 0.2) is 0 Å². The van der Waals surface area contributed by atoms with Crippen molar-refractivity contribution in [2.24, 2.45) is 0 Å². The van der Waals surface area contributed by atoms with Crippen LogP contribution in [0.4, 0.5) is 5.69 Å². The summed E-state index contributed by atoms with van der Waals surface area (Å²) in [5.74, 6) is -0.305. The molecular weight excluding hydrogens is 260 g/mol. The summed E-state index contributed by atoms with van der Waals surface area (Å²) in [5.41, 5.74) is 0.488. The normalized spacial score (nSPS) is 9.85. The van der Waals surface area contributed by atoms with E-state index in [1.165, 1.54) is 13.4 Å². The van der Waals surface area contributed by atoms with Gasteiger partial charge in [0.25, 0.3) is 0 Å². The van der Waals surface area contributed by atoms with Crippen molar-refractivity contribution in [2.45, 2.75) is 6.54 Å². The Labute approximate surface area is 115 Å². The summed E-state index contributed by atoms with van der Waals surface area (Å²) in [4.78, 5) is 23.3. The van der Waals surface area contributed by atoms with Crippen molar-refractivity contribution in [3.63, 3.8) is 0 Å². The summed E-state index contributed by atoms with van der Waals surface area (Å²) in [6.07, 6.45) is 1.50. The molecule has 0 radical (unpaired) electrons. The van der Waals surface area contributed by atoms with Crippen LogP contribution in [0.25, 0.3) is 0 Å². The van der Waals surface area contributed by atoms with Gasteiger partial charge in [0.05, 0.1) is 19.9 Å². The van der Waals surface area contributed by atoms with Crippen LogP contribution in [0.2, 0.25) is 0 Å². The smallest absolute Gasteiger partial charge is 0.313 e. The van der Waals surface area contributed by atoms with Crippen LogP contribution in [-0.4, -0.2) is 18.9 Å². The summed E-state index contributed by atoms with van der Waals surface area (Å²) in [7, 11) is 1.52. The van der Waals surface area contributed by atoms with Gasteiger partial charge < -0.3 is 19.8 Å². The minimum absolute atomic E-state index is 0.164. The molecule has 1 aromatic carbocycles. The molecule has 0 saturated carbocycles. The topological polar surface area (TPSA) is 80.6 Å². The van der Waals surface area contributed by atoms with E-state index in [0.29, 0.717) is 17.2 Å². The second-order valence-electron chi connectivity index (χ2n) is 3.95. The van der Waals surface area contributed by atoms with E-state index in [-0.39, 0.29) is 6.54 Å². The summed E-state index contributed by atoms with van der Waals surface area (Å²) < 4.78 is 10.1. The second kappa shape index (κ2) is 6.42. The fraction of sp³-hybridized carbons (Fsp3) is 0.143. The molecule has 20 heavy (non-hydrogen) atoms. The maximum absolute atomic E-state index is 11.7. The van der Waals surface area contributed by atoms with Gasteiger partial charge in [-0.1, -0.05) is 6.07 Å². The third-order valence-corrected chi connectivity index (χ3v) is 2.54. The molecule has 2 rings (SSSR count). The van der Waals surface area contributed by atoms with E-state index < -0.39 is 11.8 Å². The average molecular weight is 274 g/mol. The predicted molar refractivity (Wildman–Crippen MR) is 72.2 cm³/mol. The molecule has 2 aromatic rings. The van der Waals surface area contributed by atoms with Gasteiger partial charge in [-0.05, 0) is 24.3 Å². The average Bonchev–Trinajstić information content (AvgIpc) is 2.98. The minimum atomic E-state index is -0.746. The van der Waals surface area contributed by atoms with Crippen LogP contribution in [0.1, 0.15) is 5.76 Å². The number of amides is 2. The highest BCUT2D eigenvalue weighted by Gasteiger charge is 2.13. The Kier molecular flexibility index (Phi) is 4.39. The molecule has 0 aliphatic rings. The van der Waals surface area contributed by atoms with E-state index in [1.54, 1.807) is 36.4 Å². The van der Waals surface area contributed by atoms with Crippen LogP contribution in [0, 0.1) is 0 Å². The first-order valence-electron chi connectivity index (χ1n) is 5.94. The third kappa shape index (κ3) is 3.61. The minimum Gasteiger partial charge on any atom is -0.497 e. The second-order valence-corrected chi connectivity index (χ2v) is 3.95. The zero-order chi connectivity index (χ0) is 14.4. The lowest BCUT2D eigenvalue weighted by atomic mass is 10.3. The highest BCUT2D eigenvalue weighted by Crippen LogP contribution is 2.16. The zero-order valence-electron chi connectivity index (χ0n) is 10.9. The maximum Gasteiger partial charge on any atom is 0.313 e. The van der Waals surface area contributed by atoms with Gasteiger partial charge in [-0.3, -0.25) is 9.59 Å². The van der Waals surface area contributed by atoms with Crippen LogP contribution < -0.4 is 15.4 Å². The number of carbonyl (C=O) groups is 2. The molecule has 0 spiro atoms. The SMILES string of the molecule is COc1cccc(NC(=O)C(=O)NCc2ccco2)c1. The van der Waals surface area contributed by atoms with Gasteiger partial charge >= 0.3 is 11.8 Å². The Hall–Kier alpha value is -2.76. The van der Waals surface area contributed by atoms with Gasteiger partial charge in [0, 0.05) is 11.8 Å². The van der Waals surface area contributed by atoms with Crippen molar-refractivity contribution in [1.29, 1.82) is 0 Å². The fourth-order valence-electron chi connectivity index (χ4n) is 1.55. The summed E-state index contributed by atoms with van der Waals surface area (Å²) in [5, 5.41) is 4.94. The highest BCUT2D eigenvalue weighted by atomic mass is 16.5. The molecule has 0 atom stereocenters. The van der Waals surface area contributed by atoms with Gasteiger partial charge in [-0.15, -0.1) is 0 Å². The number of hydrogen-bond acceptors (Lipinski definition) is 4. The predicted octanol–water partition coefficient (Wildman–Crippen LogP) is 1.54. The van der Waals surface area contributed by atoms with Gasteiger partial charge in [0.2, 0.25) is 0 Å². The van der Waals surface area contributed by atoms with Crippen molar-refractivity contribution < 1.29 is 18.7 Å². The Morgan fingerprint density at radius 3 is 2.75 bits per heavy atom. The molecule has 2 N–H and O–H groups in total. The number of methoxy groups -OCH3 is 1. The van der Waals surface area contributed by atoms with Crippen molar-refractivity contribution in [3.8, 4) is 5.75 Å². The maximum atomic E-state index is 11.7. The van der Waals surface area contributed by atoms with E-state index in [4.69, 9.17) is 9.15 Å². The number of ether oxygens (including phenoxy) is 1. The van der Waals surface area contributed by atoms with Gasteiger partial charge in [-0.2, -0.15) is 0 Å². The van der Waals surface area contributed by atoms with Gasteiger partial charge in [0.1, 0.15) is 11.5 Å². The number of anilines is 1. The molecule has 0 aliphatic carbocycles. The van der Waals surface area contributed by atoms with E-state index in [9.17, 15) is 9.59 Å². The molecule has 0 aliphatic heterocycles. The molecule has 6 nitrogen and oxygen atoms in total. The Balaban J connectivity index is 1.88. The van der Waals surface area contributed by atoms with Crippen LogP contribution in [0.5, 0.6) is 5.75 Å². The molecule has 0 saturated heterocycles. The van der Waals surface area contributed by atoms with E-state index >= 15 is 0 Å². The van der Waals surface area contributed by atoms with E-state index in [1.807, 2.05) is 0 Å². The molecule has 1 aromatic heterocycles. The summed E-state index contributed by atoms with van der Waals surface area (Å²) in [6.45, 7) is 0.164. The molecule has 2 amide bonds. The number of furan rings is 1. The molecule has 0 fully saturated rings. The number of hydrogen-bond donors (Lipinski definition) is 2. The Morgan fingerprint density at radius 2 is 2.05 bits per heavy atom. The van der Waals surface area contributed by atoms with Crippen molar-refractivity contribution in [2.75, 3.05) is 12.4 Å². The summed E-state index contributed by atoms with van der Waals surface area (Å²) >= 11 is 0. The Bertz CT molecular complexity index is 593. The lowest BCUT2D eigenvalue weighted by molar-refractivity contribution is -0.136. The van der Waals surface area contributed by atoms with E-state index in [0.717, 1.165) is 0 Å². The number of nitrogens with one attached hydrogen (secondary N) is 2. The number of rotatable bonds is 4. The fourth-order valence-corrected chi connectivity index (χ4v) is 1.55. The van der Waals surface area contributed by atoms with Gasteiger partial charge in [-0.25, -0.2) is 0 Å². The van der Waals surface area contributed by atoms with Crippen LogP contribution in [0.3, 0.4) is 0 Å². The number of carbonyl (C=O) groups excluding carboxylic acids is 2. The zero-order valence-corrected chi connectivity index (χ0v) is 10.9. The van der Waals surface area contributed by atoms with E-state index in [2.05, 4.69) is 10.6 Å². The molecule has 6 heteroatoms. The van der Waals surface area contributed by atoms with Crippen LogP contribution in [0.15, 0.2) is 47.1 Å². The summed E-state index contributed by atoms with van der Waals surface area (Å²) in [6, 6.07) is 10.2. The number of benzene rings is 1. The quantitative estimate of drug-likeness (QED) is 0.829. The molecule has 0 unspecified atom stereocenters. The lowest BCUT2D eigenvalue weighted by Gasteiger charge is -2.07. The highest BCUT2D eigenvalue weighted by molar-refractivity contribution is 6.39. The molecular formula is C14H14N2O4. The first-order chi connectivity index (χ1) is 9.69. The molecule has 104 valence electrons.